The van der Waals surface area contributed by atoms with Crippen LogP contribution in [0.2, 0.25) is 0 Å². The number of hydrogen-bond donors (Lipinski definition) is 1. The first kappa shape index (κ1) is 21.7. The maximum absolute atomic E-state index is 13.2. The second kappa shape index (κ2) is 8.65. The van der Waals surface area contributed by atoms with E-state index in [9.17, 15) is 4.79 Å². The zero-order valence-corrected chi connectivity index (χ0v) is 19.5. The van der Waals surface area contributed by atoms with Crippen molar-refractivity contribution in [3.05, 3.63) is 54.1 Å². The fraction of sp³-hybridized carbons (Fsp3) is 0.385. The van der Waals surface area contributed by atoms with E-state index >= 15 is 0 Å². The Bertz CT molecular complexity index is 1320. The number of benzene rings is 2. The number of piperidine rings is 1. The highest BCUT2D eigenvalue weighted by atomic mass is 16.5. The van der Waals surface area contributed by atoms with Gasteiger partial charge in [0.15, 0.2) is 5.82 Å². The van der Waals surface area contributed by atoms with Gasteiger partial charge in [0.1, 0.15) is 0 Å². The first-order valence-electron chi connectivity index (χ1n) is 11.7. The monoisotopic (exact) mass is 445 g/mol. The number of aryl methyl sites for hydroxylation is 2. The third kappa shape index (κ3) is 3.71. The number of amides is 1. The molecule has 0 saturated carbocycles. The summed E-state index contributed by atoms with van der Waals surface area (Å²) < 4.78 is 10.1. The molecule has 0 unspecified atom stereocenters. The average Bonchev–Trinajstić information content (AvgIpc) is 3.36. The molecule has 7 heteroatoms. The molecule has 5 rings (SSSR count). The van der Waals surface area contributed by atoms with E-state index in [1.807, 2.05) is 37.1 Å². The smallest absolute Gasteiger partial charge is 0.253 e. The molecule has 1 aliphatic heterocycles. The Morgan fingerprint density at radius 3 is 2.73 bits per heavy atom. The van der Waals surface area contributed by atoms with Crippen LogP contribution in [0.5, 0.6) is 0 Å². The zero-order chi connectivity index (χ0) is 23.1. The molecular formula is C26H31N5O2. The number of rotatable bonds is 5. The molecule has 2 aromatic heterocycles. The van der Waals surface area contributed by atoms with Crippen LogP contribution in [0.3, 0.4) is 0 Å². The summed E-state index contributed by atoms with van der Waals surface area (Å²) in [7, 11) is 2.03. The Labute approximate surface area is 193 Å². The summed E-state index contributed by atoms with van der Waals surface area (Å²) in [5.74, 6) is 0.893. The van der Waals surface area contributed by atoms with Gasteiger partial charge < -0.3 is 24.5 Å². The molecule has 0 radical (unpaired) electrons. The summed E-state index contributed by atoms with van der Waals surface area (Å²) in [4.78, 5) is 20.0. The van der Waals surface area contributed by atoms with Crippen LogP contribution in [0.25, 0.3) is 33.5 Å². The molecule has 172 valence electrons. The van der Waals surface area contributed by atoms with E-state index in [4.69, 9.17) is 15.5 Å². The van der Waals surface area contributed by atoms with Gasteiger partial charge in [0, 0.05) is 55.8 Å². The number of para-hydroxylation sites is 1. The molecule has 0 bridgehead atoms. The van der Waals surface area contributed by atoms with E-state index in [2.05, 4.69) is 46.4 Å². The number of likely N-dealkylation sites (tertiary alicyclic amines) is 1. The molecule has 1 amide bonds. The van der Waals surface area contributed by atoms with Gasteiger partial charge in [-0.05, 0) is 50.6 Å². The number of nitrogens with two attached hydrogens (primary N) is 1. The fourth-order valence-electron chi connectivity index (χ4n) is 5.05. The molecule has 0 aliphatic carbocycles. The lowest BCUT2D eigenvalue weighted by molar-refractivity contribution is 0.00180. The minimum atomic E-state index is -0.163. The van der Waals surface area contributed by atoms with Gasteiger partial charge in [0.25, 0.3) is 5.91 Å². The van der Waals surface area contributed by atoms with Crippen LogP contribution >= 0.6 is 0 Å². The average molecular weight is 446 g/mol. The standard InChI is InChI=1S/C26H31N5O2/c1-4-31-21-9-7-6-8-17(21)15-23(31)25-28-20-14-18(10-11-22(20)29(25)3)26(32)30-13-12-24(33-5-2)19(27)16-30/h6-11,14-15,19,24H,4-5,12-13,16,27H2,1-3H3/t19-,24+/m1/s1. The SMILES string of the molecule is CCO[C@H]1CCN(C(=O)c2ccc3c(c2)nc(-c2cc4ccccc4n2CC)n3C)C[C@H]1N. The Morgan fingerprint density at radius 2 is 1.97 bits per heavy atom. The van der Waals surface area contributed by atoms with Crippen molar-refractivity contribution in [2.45, 2.75) is 39.0 Å². The van der Waals surface area contributed by atoms with Crippen molar-refractivity contribution < 1.29 is 9.53 Å². The number of aromatic nitrogens is 3. The summed E-state index contributed by atoms with van der Waals surface area (Å²) >= 11 is 0. The van der Waals surface area contributed by atoms with E-state index < -0.39 is 0 Å². The molecule has 7 nitrogen and oxygen atoms in total. The van der Waals surface area contributed by atoms with Crippen molar-refractivity contribution in [2.24, 2.45) is 12.8 Å². The summed E-state index contributed by atoms with van der Waals surface area (Å²) in [6.07, 6.45) is 0.781. The van der Waals surface area contributed by atoms with Gasteiger partial charge in [-0.15, -0.1) is 0 Å². The molecular weight excluding hydrogens is 414 g/mol. The number of imidazole rings is 1. The molecule has 0 spiro atoms. The van der Waals surface area contributed by atoms with Crippen LogP contribution in [0.1, 0.15) is 30.6 Å². The Balaban J connectivity index is 1.48. The summed E-state index contributed by atoms with van der Waals surface area (Å²) in [5, 5.41) is 1.20. The van der Waals surface area contributed by atoms with Gasteiger partial charge in [0.2, 0.25) is 0 Å². The maximum atomic E-state index is 13.2. The Kier molecular flexibility index (Phi) is 5.68. The molecule has 2 N–H and O–H groups in total. The quantitative estimate of drug-likeness (QED) is 0.507. The molecule has 1 saturated heterocycles. The van der Waals surface area contributed by atoms with Gasteiger partial charge in [-0.2, -0.15) is 0 Å². The van der Waals surface area contributed by atoms with Crippen LogP contribution in [-0.2, 0) is 18.3 Å². The molecule has 1 aliphatic rings. The Morgan fingerprint density at radius 1 is 1.15 bits per heavy atom. The molecule has 33 heavy (non-hydrogen) atoms. The molecule has 4 aromatic rings. The highest BCUT2D eigenvalue weighted by Crippen LogP contribution is 2.30. The molecule has 3 heterocycles. The van der Waals surface area contributed by atoms with E-state index in [0.29, 0.717) is 25.3 Å². The highest BCUT2D eigenvalue weighted by molar-refractivity contribution is 5.98. The minimum Gasteiger partial charge on any atom is -0.377 e. The van der Waals surface area contributed by atoms with Crippen molar-refractivity contribution in [1.82, 2.24) is 19.0 Å². The second-order valence-corrected chi connectivity index (χ2v) is 8.73. The van der Waals surface area contributed by atoms with Gasteiger partial charge in [-0.1, -0.05) is 18.2 Å². The van der Waals surface area contributed by atoms with Crippen LogP contribution in [0.4, 0.5) is 0 Å². The lowest BCUT2D eigenvalue weighted by Crippen LogP contribution is -2.53. The van der Waals surface area contributed by atoms with Gasteiger partial charge in [-0.3, -0.25) is 4.79 Å². The summed E-state index contributed by atoms with van der Waals surface area (Å²) in [6.45, 7) is 6.77. The van der Waals surface area contributed by atoms with E-state index in [1.165, 1.54) is 10.9 Å². The summed E-state index contributed by atoms with van der Waals surface area (Å²) in [5.41, 5.74) is 11.0. The lowest BCUT2D eigenvalue weighted by atomic mass is 10.0. The lowest BCUT2D eigenvalue weighted by Gasteiger charge is -2.36. The highest BCUT2D eigenvalue weighted by Gasteiger charge is 2.30. The van der Waals surface area contributed by atoms with Crippen molar-refractivity contribution in [1.29, 1.82) is 0 Å². The maximum Gasteiger partial charge on any atom is 0.253 e. The van der Waals surface area contributed by atoms with Crippen molar-refractivity contribution in [3.63, 3.8) is 0 Å². The third-order valence-electron chi connectivity index (χ3n) is 6.74. The molecule has 2 atom stereocenters. The minimum absolute atomic E-state index is 0.00262. The topological polar surface area (TPSA) is 78.3 Å². The van der Waals surface area contributed by atoms with E-state index in [-0.39, 0.29) is 18.1 Å². The zero-order valence-electron chi connectivity index (χ0n) is 19.5. The van der Waals surface area contributed by atoms with E-state index in [1.54, 1.807) is 0 Å². The van der Waals surface area contributed by atoms with Crippen LogP contribution < -0.4 is 5.73 Å². The number of nitrogens with zero attached hydrogens (tertiary/aromatic N) is 4. The first-order valence-corrected chi connectivity index (χ1v) is 11.7. The van der Waals surface area contributed by atoms with Crippen LogP contribution in [0.15, 0.2) is 48.5 Å². The van der Waals surface area contributed by atoms with Gasteiger partial charge >= 0.3 is 0 Å². The van der Waals surface area contributed by atoms with Crippen molar-refractivity contribution >= 4 is 27.8 Å². The third-order valence-corrected chi connectivity index (χ3v) is 6.74. The Hall–Kier alpha value is -3.16. The number of hydrogen-bond acceptors (Lipinski definition) is 4. The van der Waals surface area contributed by atoms with Gasteiger partial charge in [0.05, 0.1) is 22.8 Å². The summed E-state index contributed by atoms with van der Waals surface area (Å²) in [6, 6.07) is 16.2. The number of carbonyl (C=O) groups excluding carboxylic acids is 1. The van der Waals surface area contributed by atoms with Crippen molar-refractivity contribution in [3.8, 4) is 11.5 Å². The predicted molar refractivity (Wildman–Crippen MR) is 131 cm³/mol. The van der Waals surface area contributed by atoms with Crippen LogP contribution in [0, 0.1) is 0 Å². The second-order valence-electron chi connectivity index (χ2n) is 8.73. The van der Waals surface area contributed by atoms with E-state index in [0.717, 1.165) is 35.5 Å². The van der Waals surface area contributed by atoms with Crippen LogP contribution in [-0.4, -0.2) is 56.8 Å². The number of ether oxygens (including phenoxy) is 1. The predicted octanol–water partition coefficient (Wildman–Crippen LogP) is 3.79. The number of fused-ring (bicyclic) bond motifs is 2. The number of carbonyl (C=O) groups is 1. The van der Waals surface area contributed by atoms with Crippen molar-refractivity contribution in [2.75, 3.05) is 19.7 Å². The van der Waals surface area contributed by atoms with Gasteiger partial charge in [-0.25, -0.2) is 4.98 Å². The normalized spacial score (nSPS) is 19.0. The first-order chi connectivity index (χ1) is 16.0. The fourth-order valence-corrected chi connectivity index (χ4v) is 5.05. The molecule has 1 fully saturated rings. The largest absolute Gasteiger partial charge is 0.377 e. The molecule has 2 aromatic carbocycles.